The van der Waals surface area contributed by atoms with Crippen LogP contribution in [0.3, 0.4) is 0 Å². The minimum absolute atomic E-state index is 0.913. The second kappa shape index (κ2) is 5.45. The lowest BCUT2D eigenvalue weighted by atomic mass is 10.1. The molecule has 4 heteroatoms. The first-order chi connectivity index (χ1) is 9.31. The van der Waals surface area contributed by atoms with Crippen molar-refractivity contribution in [1.82, 2.24) is 9.97 Å². The molecule has 1 aliphatic heterocycles. The number of fused-ring (bicyclic) bond motifs is 1. The number of rotatable bonds is 3. The van der Waals surface area contributed by atoms with Crippen molar-refractivity contribution in [3.05, 3.63) is 16.8 Å². The maximum absolute atomic E-state index is 4.81. The highest BCUT2D eigenvalue weighted by Gasteiger charge is 2.18. The standard InChI is InChI=1S/C15H21N3S/c1-3-11-10-12-14(18-8-6-5-7-9-18)16-13(4-2)17-15(12)19-11/h10H,3-9H2,1-2H3. The van der Waals surface area contributed by atoms with Gasteiger partial charge in [-0.05, 0) is 31.7 Å². The highest BCUT2D eigenvalue weighted by atomic mass is 32.1. The Balaban J connectivity index is 2.11. The quantitative estimate of drug-likeness (QED) is 0.853. The molecule has 3 nitrogen and oxygen atoms in total. The van der Waals surface area contributed by atoms with E-state index in [9.17, 15) is 0 Å². The number of anilines is 1. The number of hydrogen-bond acceptors (Lipinski definition) is 4. The second-order valence-corrected chi connectivity index (χ2v) is 6.26. The van der Waals surface area contributed by atoms with Crippen LogP contribution in [-0.4, -0.2) is 23.1 Å². The number of nitrogens with zero attached hydrogens (tertiary/aromatic N) is 3. The van der Waals surface area contributed by atoms with Gasteiger partial charge in [0.15, 0.2) is 0 Å². The van der Waals surface area contributed by atoms with Crippen molar-refractivity contribution in [2.75, 3.05) is 18.0 Å². The summed E-state index contributed by atoms with van der Waals surface area (Å²) < 4.78 is 0. The van der Waals surface area contributed by atoms with Gasteiger partial charge in [0.2, 0.25) is 0 Å². The molecule has 2 aromatic heterocycles. The van der Waals surface area contributed by atoms with Crippen LogP contribution in [0.2, 0.25) is 0 Å². The monoisotopic (exact) mass is 275 g/mol. The number of piperidine rings is 1. The first kappa shape index (κ1) is 12.9. The summed E-state index contributed by atoms with van der Waals surface area (Å²) in [6.07, 6.45) is 5.93. The van der Waals surface area contributed by atoms with Gasteiger partial charge in [-0.25, -0.2) is 9.97 Å². The summed E-state index contributed by atoms with van der Waals surface area (Å²) in [5.74, 6) is 2.16. The highest BCUT2D eigenvalue weighted by Crippen LogP contribution is 2.32. The Bertz CT molecular complexity index is 570. The minimum Gasteiger partial charge on any atom is -0.356 e. The lowest BCUT2D eigenvalue weighted by Crippen LogP contribution is -2.30. The van der Waals surface area contributed by atoms with Crippen LogP contribution in [0.25, 0.3) is 10.2 Å². The lowest BCUT2D eigenvalue weighted by Gasteiger charge is -2.28. The van der Waals surface area contributed by atoms with Crippen LogP contribution >= 0.6 is 11.3 Å². The molecule has 0 saturated carbocycles. The summed E-state index contributed by atoms with van der Waals surface area (Å²) in [4.78, 5) is 14.6. The first-order valence-electron chi connectivity index (χ1n) is 7.36. The van der Waals surface area contributed by atoms with Crippen LogP contribution in [0.1, 0.15) is 43.8 Å². The zero-order valence-corrected chi connectivity index (χ0v) is 12.6. The molecular formula is C15H21N3S. The van der Waals surface area contributed by atoms with Crippen molar-refractivity contribution in [3.63, 3.8) is 0 Å². The van der Waals surface area contributed by atoms with Gasteiger partial charge in [0.25, 0.3) is 0 Å². The van der Waals surface area contributed by atoms with Crippen molar-refractivity contribution in [3.8, 4) is 0 Å². The predicted octanol–water partition coefficient (Wildman–Crippen LogP) is 3.81. The minimum atomic E-state index is 0.913. The van der Waals surface area contributed by atoms with E-state index in [0.29, 0.717) is 0 Å². The number of aromatic nitrogens is 2. The molecule has 19 heavy (non-hydrogen) atoms. The van der Waals surface area contributed by atoms with E-state index in [1.165, 1.54) is 40.2 Å². The molecule has 3 rings (SSSR count). The average molecular weight is 275 g/mol. The zero-order valence-electron chi connectivity index (χ0n) is 11.8. The predicted molar refractivity (Wildman–Crippen MR) is 82.2 cm³/mol. The normalized spacial score (nSPS) is 16.2. The van der Waals surface area contributed by atoms with E-state index >= 15 is 0 Å². The third-order valence-corrected chi connectivity index (χ3v) is 4.96. The topological polar surface area (TPSA) is 29.0 Å². The van der Waals surface area contributed by atoms with Crippen molar-refractivity contribution in [2.24, 2.45) is 0 Å². The summed E-state index contributed by atoms with van der Waals surface area (Å²) >= 11 is 1.83. The van der Waals surface area contributed by atoms with Crippen molar-refractivity contribution in [1.29, 1.82) is 0 Å². The molecule has 0 spiro atoms. The maximum Gasteiger partial charge on any atom is 0.141 e. The SMILES string of the molecule is CCc1nc(N2CCCCC2)c2cc(CC)sc2n1. The zero-order chi connectivity index (χ0) is 13.2. The Kier molecular flexibility index (Phi) is 3.69. The first-order valence-corrected chi connectivity index (χ1v) is 8.17. The molecule has 0 atom stereocenters. The average Bonchev–Trinajstić information content (AvgIpc) is 2.90. The Morgan fingerprint density at radius 3 is 2.58 bits per heavy atom. The van der Waals surface area contributed by atoms with Gasteiger partial charge in [-0.1, -0.05) is 13.8 Å². The van der Waals surface area contributed by atoms with Gasteiger partial charge in [-0.15, -0.1) is 11.3 Å². The fraction of sp³-hybridized carbons (Fsp3) is 0.600. The van der Waals surface area contributed by atoms with Gasteiger partial charge in [0.1, 0.15) is 16.5 Å². The van der Waals surface area contributed by atoms with Crippen molar-refractivity contribution in [2.45, 2.75) is 46.0 Å². The van der Waals surface area contributed by atoms with Crippen LogP contribution < -0.4 is 4.90 Å². The lowest BCUT2D eigenvalue weighted by molar-refractivity contribution is 0.574. The molecule has 0 radical (unpaired) electrons. The molecule has 102 valence electrons. The fourth-order valence-electron chi connectivity index (χ4n) is 2.68. The molecule has 0 N–H and O–H groups in total. The van der Waals surface area contributed by atoms with Gasteiger partial charge in [0.05, 0.1) is 5.39 Å². The van der Waals surface area contributed by atoms with Gasteiger partial charge in [0, 0.05) is 24.4 Å². The smallest absolute Gasteiger partial charge is 0.141 e. The Morgan fingerprint density at radius 2 is 1.89 bits per heavy atom. The Morgan fingerprint density at radius 1 is 1.11 bits per heavy atom. The van der Waals surface area contributed by atoms with Crippen LogP contribution in [0.4, 0.5) is 5.82 Å². The summed E-state index contributed by atoms with van der Waals surface area (Å²) in [6.45, 7) is 6.63. The Hall–Kier alpha value is -1.16. The molecule has 3 heterocycles. The van der Waals surface area contributed by atoms with Crippen LogP contribution in [-0.2, 0) is 12.8 Å². The van der Waals surface area contributed by atoms with E-state index < -0.39 is 0 Å². The molecular weight excluding hydrogens is 254 g/mol. The summed E-state index contributed by atoms with van der Waals surface area (Å²) in [6, 6.07) is 2.30. The maximum atomic E-state index is 4.81. The largest absolute Gasteiger partial charge is 0.356 e. The molecule has 0 unspecified atom stereocenters. The number of thiophene rings is 1. The number of hydrogen-bond donors (Lipinski definition) is 0. The molecule has 1 saturated heterocycles. The molecule has 2 aromatic rings. The third-order valence-electron chi connectivity index (χ3n) is 3.79. The van der Waals surface area contributed by atoms with Gasteiger partial charge in [-0.3, -0.25) is 0 Å². The Labute approximate surface area is 118 Å². The fourth-order valence-corrected chi connectivity index (χ4v) is 3.66. The van der Waals surface area contributed by atoms with Crippen LogP contribution in [0, 0.1) is 0 Å². The van der Waals surface area contributed by atoms with E-state index in [4.69, 9.17) is 9.97 Å². The molecule has 0 aromatic carbocycles. The molecule has 1 fully saturated rings. The van der Waals surface area contributed by atoms with Gasteiger partial charge >= 0.3 is 0 Å². The van der Waals surface area contributed by atoms with Crippen molar-refractivity contribution >= 4 is 27.4 Å². The summed E-state index contributed by atoms with van der Waals surface area (Å²) in [7, 11) is 0. The summed E-state index contributed by atoms with van der Waals surface area (Å²) in [5, 5.41) is 1.26. The van der Waals surface area contributed by atoms with Gasteiger partial charge < -0.3 is 4.90 Å². The van der Waals surface area contributed by atoms with E-state index in [-0.39, 0.29) is 0 Å². The molecule has 0 aliphatic carbocycles. The highest BCUT2D eigenvalue weighted by molar-refractivity contribution is 7.18. The van der Waals surface area contributed by atoms with E-state index in [2.05, 4.69) is 24.8 Å². The van der Waals surface area contributed by atoms with Crippen molar-refractivity contribution < 1.29 is 0 Å². The molecule has 1 aliphatic rings. The van der Waals surface area contributed by atoms with Crippen LogP contribution in [0.5, 0.6) is 0 Å². The molecule has 0 bridgehead atoms. The third kappa shape index (κ3) is 2.46. The van der Waals surface area contributed by atoms with E-state index in [1.54, 1.807) is 0 Å². The summed E-state index contributed by atoms with van der Waals surface area (Å²) in [5.41, 5.74) is 0. The van der Waals surface area contributed by atoms with E-state index in [0.717, 1.165) is 31.8 Å². The molecule has 0 amide bonds. The second-order valence-electron chi connectivity index (χ2n) is 5.15. The van der Waals surface area contributed by atoms with Gasteiger partial charge in [-0.2, -0.15) is 0 Å². The van der Waals surface area contributed by atoms with E-state index in [1.807, 2.05) is 11.3 Å². The van der Waals surface area contributed by atoms with Crippen LogP contribution in [0.15, 0.2) is 6.07 Å². The number of aryl methyl sites for hydroxylation is 2.